The lowest BCUT2D eigenvalue weighted by molar-refractivity contribution is -0.146. The molecular formula is C12H12N2O4. The van der Waals surface area contributed by atoms with Crippen molar-refractivity contribution in [3.8, 4) is 0 Å². The summed E-state index contributed by atoms with van der Waals surface area (Å²) in [5.41, 5.74) is 0. The Hall–Kier alpha value is -2.11. The maximum Gasteiger partial charge on any atom is 0.307 e. The number of aromatic nitrogens is 1. The van der Waals surface area contributed by atoms with Gasteiger partial charge in [-0.1, -0.05) is 17.3 Å². The zero-order chi connectivity index (χ0) is 12.7. The number of fused-ring (bicyclic) bond motifs is 2. The van der Waals surface area contributed by atoms with Crippen LogP contribution in [0.5, 0.6) is 0 Å². The van der Waals surface area contributed by atoms with Gasteiger partial charge >= 0.3 is 5.97 Å². The molecule has 94 valence electrons. The van der Waals surface area contributed by atoms with Crippen molar-refractivity contribution in [1.82, 2.24) is 5.16 Å². The third kappa shape index (κ3) is 1.61. The molecule has 1 amide bonds. The average molecular weight is 248 g/mol. The van der Waals surface area contributed by atoms with E-state index in [0.29, 0.717) is 5.82 Å². The van der Waals surface area contributed by atoms with Crippen molar-refractivity contribution in [2.45, 2.75) is 6.42 Å². The minimum Gasteiger partial charge on any atom is -0.481 e. The van der Waals surface area contributed by atoms with Crippen molar-refractivity contribution in [2.75, 3.05) is 5.32 Å². The number of nitrogens with one attached hydrogen (secondary N) is 1. The molecule has 1 heterocycles. The Balaban J connectivity index is 1.80. The summed E-state index contributed by atoms with van der Waals surface area (Å²) in [7, 11) is 0. The van der Waals surface area contributed by atoms with Crippen molar-refractivity contribution in [3.05, 3.63) is 24.5 Å². The summed E-state index contributed by atoms with van der Waals surface area (Å²) in [6, 6.07) is 1.52. The van der Waals surface area contributed by atoms with E-state index in [1.165, 1.54) is 12.3 Å². The quantitative estimate of drug-likeness (QED) is 0.782. The molecule has 0 saturated heterocycles. The number of amides is 1. The van der Waals surface area contributed by atoms with E-state index in [4.69, 9.17) is 0 Å². The molecule has 3 rings (SSSR count). The number of allylic oxidation sites excluding steroid dienone is 2. The van der Waals surface area contributed by atoms with Crippen molar-refractivity contribution in [2.24, 2.45) is 23.7 Å². The molecule has 2 N–H and O–H groups in total. The molecule has 1 saturated carbocycles. The number of hydrogen-bond donors (Lipinski definition) is 2. The fraction of sp³-hybridized carbons (Fsp3) is 0.417. The Morgan fingerprint density at radius 1 is 1.33 bits per heavy atom. The van der Waals surface area contributed by atoms with Crippen molar-refractivity contribution in [3.63, 3.8) is 0 Å². The van der Waals surface area contributed by atoms with Crippen molar-refractivity contribution >= 4 is 17.7 Å². The minimum atomic E-state index is -0.910. The first-order chi connectivity index (χ1) is 8.66. The normalized spacial score (nSPS) is 32.7. The third-order valence-electron chi connectivity index (χ3n) is 3.74. The number of nitrogens with zero attached hydrogens (tertiary/aromatic N) is 1. The predicted octanol–water partition coefficient (Wildman–Crippen LogP) is 1.14. The molecule has 1 aromatic heterocycles. The zero-order valence-electron chi connectivity index (χ0n) is 9.45. The SMILES string of the molecule is O=C(O)[C@@H]1[C@@H](C(=O)Nc2ccon2)[C@H]2C=C[C@H]1C2. The number of hydrogen-bond acceptors (Lipinski definition) is 4. The number of carbonyl (C=O) groups excluding carboxylic acids is 1. The second-order valence-electron chi connectivity index (χ2n) is 4.71. The molecule has 6 heteroatoms. The number of carboxylic acids is 1. The molecule has 0 aliphatic heterocycles. The van der Waals surface area contributed by atoms with Crippen molar-refractivity contribution < 1.29 is 19.2 Å². The largest absolute Gasteiger partial charge is 0.481 e. The first-order valence-electron chi connectivity index (χ1n) is 5.79. The molecule has 4 atom stereocenters. The van der Waals surface area contributed by atoms with Gasteiger partial charge in [-0.25, -0.2) is 0 Å². The van der Waals surface area contributed by atoms with Gasteiger partial charge in [0, 0.05) is 6.07 Å². The second-order valence-corrected chi connectivity index (χ2v) is 4.71. The minimum absolute atomic E-state index is 0.0167. The monoisotopic (exact) mass is 248 g/mol. The van der Waals surface area contributed by atoms with Gasteiger partial charge in [0.15, 0.2) is 5.82 Å². The lowest BCUT2D eigenvalue weighted by Crippen LogP contribution is -2.36. The third-order valence-corrected chi connectivity index (χ3v) is 3.74. The molecule has 18 heavy (non-hydrogen) atoms. The summed E-state index contributed by atoms with van der Waals surface area (Å²) < 4.78 is 4.62. The van der Waals surface area contributed by atoms with Crippen LogP contribution in [0.25, 0.3) is 0 Å². The molecule has 1 aromatic rings. The summed E-state index contributed by atoms with van der Waals surface area (Å²) in [5.74, 6) is -2.05. The summed E-state index contributed by atoms with van der Waals surface area (Å²) in [4.78, 5) is 23.4. The number of rotatable bonds is 3. The Morgan fingerprint density at radius 3 is 2.67 bits per heavy atom. The fourth-order valence-corrected chi connectivity index (χ4v) is 3.00. The van der Waals surface area contributed by atoms with Crippen LogP contribution in [0.1, 0.15) is 6.42 Å². The van der Waals surface area contributed by atoms with Gasteiger partial charge in [-0.2, -0.15) is 0 Å². The van der Waals surface area contributed by atoms with Crippen LogP contribution in [0.3, 0.4) is 0 Å². The Labute approximate surface area is 103 Å². The molecule has 6 nitrogen and oxygen atoms in total. The van der Waals surface area contributed by atoms with Crippen LogP contribution in [0.2, 0.25) is 0 Å². The maximum absolute atomic E-state index is 12.1. The summed E-state index contributed by atoms with van der Waals surface area (Å²) in [5, 5.41) is 15.4. The highest BCUT2D eigenvalue weighted by molar-refractivity contribution is 5.95. The lowest BCUT2D eigenvalue weighted by atomic mass is 9.82. The number of carboxylic acid groups (broad SMARTS) is 1. The molecule has 2 aliphatic rings. The van der Waals surface area contributed by atoms with E-state index in [9.17, 15) is 14.7 Å². The van der Waals surface area contributed by atoms with Crippen LogP contribution in [0.4, 0.5) is 5.82 Å². The topological polar surface area (TPSA) is 92.4 Å². The first-order valence-corrected chi connectivity index (χ1v) is 5.79. The van der Waals surface area contributed by atoms with E-state index in [0.717, 1.165) is 6.42 Å². The summed E-state index contributed by atoms with van der Waals surface area (Å²) in [6.07, 6.45) is 5.94. The van der Waals surface area contributed by atoms with E-state index in [1.807, 2.05) is 12.2 Å². The average Bonchev–Trinajstić information content (AvgIpc) is 3.03. The molecular weight excluding hydrogens is 236 g/mol. The molecule has 0 radical (unpaired) electrons. The number of carbonyl (C=O) groups is 2. The highest BCUT2D eigenvalue weighted by atomic mass is 16.5. The zero-order valence-corrected chi connectivity index (χ0v) is 9.45. The summed E-state index contributed by atoms with van der Waals surface area (Å²) >= 11 is 0. The van der Waals surface area contributed by atoms with E-state index in [-0.39, 0.29) is 17.7 Å². The van der Waals surface area contributed by atoms with Gasteiger partial charge < -0.3 is 14.9 Å². The lowest BCUT2D eigenvalue weighted by Gasteiger charge is -2.23. The maximum atomic E-state index is 12.1. The van der Waals surface area contributed by atoms with Crippen LogP contribution >= 0.6 is 0 Å². The van der Waals surface area contributed by atoms with Gasteiger partial charge in [0.05, 0.1) is 11.8 Å². The van der Waals surface area contributed by atoms with Crippen molar-refractivity contribution in [1.29, 1.82) is 0 Å². The van der Waals surface area contributed by atoms with Gasteiger partial charge in [-0.15, -0.1) is 0 Å². The molecule has 0 unspecified atom stereocenters. The number of aliphatic carboxylic acids is 1. The van der Waals surface area contributed by atoms with E-state index in [2.05, 4.69) is 15.0 Å². The van der Waals surface area contributed by atoms with Gasteiger partial charge in [-0.05, 0) is 18.3 Å². The smallest absolute Gasteiger partial charge is 0.307 e. The van der Waals surface area contributed by atoms with Crippen LogP contribution in [0, 0.1) is 23.7 Å². The fourth-order valence-electron chi connectivity index (χ4n) is 3.00. The van der Waals surface area contributed by atoms with Gasteiger partial charge in [-0.3, -0.25) is 9.59 Å². The Morgan fingerprint density at radius 2 is 2.06 bits per heavy atom. The molecule has 0 aromatic carbocycles. The Bertz CT molecular complexity index is 508. The summed E-state index contributed by atoms with van der Waals surface area (Å²) in [6.45, 7) is 0. The van der Waals surface area contributed by atoms with Crippen LogP contribution < -0.4 is 5.32 Å². The van der Waals surface area contributed by atoms with Gasteiger partial charge in [0.2, 0.25) is 5.91 Å². The van der Waals surface area contributed by atoms with E-state index < -0.39 is 17.8 Å². The molecule has 0 spiro atoms. The van der Waals surface area contributed by atoms with Crippen LogP contribution in [0.15, 0.2) is 29.0 Å². The van der Waals surface area contributed by atoms with E-state index >= 15 is 0 Å². The molecule has 2 bridgehead atoms. The van der Waals surface area contributed by atoms with Gasteiger partial charge in [0.1, 0.15) is 6.26 Å². The van der Waals surface area contributed by atoms with Crippen LogP contribution in [-0.4, -0.2) is 22.1 Å². The first kappa shape index (κ1) is 11.0. The molecule has 2 aliphatic carbocycles. The highest BCUT2D eigenvalue weighted by Gasteiger charge is 2.51. The number of anilines is 1. The second kappa shape index (κ2) is 3.97. The standard InChI is InChI=1S/C12H12N2O4/c15-11(13-8-3-4-18-14-8)9-6-1-2-7(5-6)10(9)12(16)17/h1-4,6-7,9-10H,5H2,(H,16,17)(H,13,14,15)/t6-,7-,9-,10-/m0/s1. The van der Waals surface area contributed by atoms with Gasteiger partial charge in [0.25, 0.3) is 0 Å². The predicted molar refractivity (Wildman–Crippen MR) is 60.5 cm³/mol. The van der Waals surface area contributed by atoms with Crippen LogP contribution in [-0.2, 0) is 9.59 Å². The Kier molecular flexibility index (Phi) is 2.43. The highest BCUT2D eigenvalue weighted by Crippen LogP contribution is 2.48. The molecule has 1 fully saturated rings. The van der Waals surface area contributed by atoms with E-state index in [1.54, 1.807) is 0 Å².